The van der Waals surface area contributed by atoms with Gasteiger partial charge in [0.15, 0.2) is 11.2 Å². The van der Waals surface area contributed by atoms with E-state index in [9.17, 15) is 23.2 Å². The van der Waals surface area contributed by atoms with Gasteiger partial charge < -0.3 is 9.88 Å². The van der Waals surface area contributed by atoms with E-state index >= 15 is 0 Å². The lowest BCUT2D eigenvalue weighted by atomic mass is 10.3. The molecule has 2 aromatic heterocycles. The zero-order valence-electron chi connectivity index (χ0n) is 18.6. The number of amides is 1. The lowest BCUT2D eigenvalue weighted by Gasteiger charge is -2.13. The standard InChI is InChI=1S/C22H27F2N5O3S/c1-3-5-11-27-14-25-19-18(27)20(31)29(22(32)28(19)12-6-4-2)13-17(30)26-15-7-9-16(10-8-15)33-21(23)24/h7-10,14,21H,3-6,11-13H2,1-2H3,(H,26,30). The van der Waals surface area contributed by atoms with Crippen LogP contribution in [0.1, 0.15) is 39.5 Å². The third-order valence-corrected chi connectivity index (χ3v) is 5.86. The monoisotopic (exact) mass is 479 g/mol. The smallest absolute Gasteiger partial charge is 0.325 e. The van der Waals surface area contributed by atoms with E-state index in [1.165, 1.54) is 28.8 Å². The summed E-state index contributed by atoms with van der Waals surface area (Å²) in [5.41, 5.74) is -0.124. The lowest BCUT2D eigenvalue weighted by molar-refractivity contribution is -0.116. The number of unbranched alkanes of at least 4 members (excludes halogenated alkanes) is 2. The highest BCUT2D eigenvalue weighted by atomic mass is 32.2. The molecule has 0 aliphatic heterocycles. The molecule has 11 heteroatoms. The Kier molecular flexibility index (Phi) is 8.43. The van der Waals surface area contributed by atoms with Crippen LogP contribution in [0.25, 0.3) is 11.2 Å². The number of imidazole rings is 1. The van der Waals surface area contributed by atoms with E-state index in [0.29, 0.717) is 46.6 Å². The molecule has 0 aliphatic rings. The van der Waals surface area contributed by atoms with Gasteiger partial charge in [-0.3, -0.25) is 14.2 Å². The largest absolute Gasteiger partial charge is 0.333 e. The van der Waals surface area contributed by atoms with Gasteiger partial charge in [-0.05, 0) is 37.1 Å². The zero-order valence-corrected chi connectivity index (χ0v) is 19.4. The minimum atomic E-state index is -2.53. The summed E-state index contributed by atoms with van der Waals surface area (Å²) in [6, 6.07) is 5.92. The molecule has 0 bridgehead atoms. The topological polar surface area (TPSA) is 90.9 Å². The molecular formula is C22H27F2N5O3S. The molecule has 0 radical (unpaired) electrons. The number of nitrogens with zero attached hydrogens (tertiary/aromatic N) is 4. The lowest BCUT2D eigenvalue weighted by Crippen LogP contribution is -2.43. The molecule has 8 nitrogen and oxygen atoms in total. The number of fused-ring (bicyclic) bond motifs is 1. The van der Waals surface area contributed by atoms with Crippen LogP contribution in [0.4, 0.5) is 14.5 Å². The van der Waals surface area contributed by atoms with Gasteiger partial charge in [-0.1, -0.05) is 38.5 Å². The molecule has 1 amide bonds. The van der Waals surface area contributed by atoms with Crippen molar-refractivity contribution in [1.82, 2.24) is 18.7 Å². The summed E-state index contributed by atoms with van der Waals surface area (Å²) in [4.78, 5) is 43.6. The minimum absolute atomic E-state index is 0.306. The molecule has 1 aromatic carbocycles. The molecule has 0 unspecified atom stereocenters. The third kappa shape index (κ3) is 5.89. The number of thioether (sulfide) groups is 1. The maximum absolute atomic E-state index is 13.2. The Labute approximate surface area is 193 Å². The molecule has 0 aliphatic carbocycles. The molecule has 178 valence electrons. The van der Waals surface area contributed by atoms with Crippen LogP contribution < -0.4 is 16.6 Å². The van der Waals surface area contributed by atoms with Crippen LogP contribution in [-0.2, 0) is 24.4 Å². The fourth-order valence-electron chi connectivity index (χ4n) is 3.46. The molecule has 0 saturated heterocycles. The molecule has 0 atom stereocenters. The van der Waals surface area contributed by atoms with Gasteiger partial charge in [0.05, 0.1) is 6.33 Å². The highest BCUT2D eigenvalue weighted by molar-refractivity contribution is 7.99. The first kappa shape index (κ1) is 24.7. The number of anilines is 1. The quantitative estimate of drug-likeness (QED) is 0.421. The number of rotatable bonds is 11. The van der Waals surface area contributed by atoms with E-state index in [4.69, 9.17) is 0 Å². The van der Waals surface area contributed by atoms with E-state index in [2.05, 4.69) is 10.3 Å². The number of nitrogens with one attached hydrogen (secondary N) is 1. The van der Waals surface area contributed by atoms with Crippen molar-refractivity contribution in [3.05, 3.63) is 51.4 Å². The number of benzene rings is 1. The summed E-state index contributed by atoms with van der Waals surface area (Å²) < 4.78 is 29.0. The third-order valence-electron chi connectivity index (χ3n) is 5.14. The van der Waals surface area contributed by atoms with E-state index in [1.54, 1.807) is 10.9 Å². The van der Waals surface area contributed by atoms with Crippen molar-refractivity contribution >= 4 is 34.5 Å². The van der Waals surface area contributed by atoms with Crippen LogP contribution in [0, 0.1) is 0 Å². The Morgan fingerprint density at radius 3 is 2.36 bits per heavy atom. The number of hydrogen-bond donors (Lipinski definition) is 1. The fourth-order valence-corrected chi connectivity index (χ4v) is 3.96. The van der Waals surface area contributed by atoms with Crippen molar-refractivity contribution < 1.29 is 13.6 Å². The van der Waals surface area contributed by atoms with Gasteiger partial charge in [0.1, 0.15) is 6.54 Å². The first-order chi connectivity index (χ1) is 15.8. The highest BCUT2D eigenvalue weighted by Gasteiger charge is 2.19. The van der Waals surface area contributed by atoms with Crippen LogP contribution in [0.2, 0.25) is 0 Å². The summed E-state index contributed by atoms with van der Waals surface area (Å²) >= 11 is 0.406. The van der Waals surface area contributed by atoms with Gasteiger partial charge in [0.2, 0.25) is 5.91 Å². The number of halogens is 2. The molecule has 3 rings (SSSR count). The Balaban J connectivity index is 1.91. The summed E-state index contributed by atoms with van der Waals surface area (Å²) in [6.07, 6.45) is 4.92. The molecule has 0 saturated carbocycles. The summed E-state index contributed by atoms with van der Waals surface area (Å²) in [5, 5.41) is 2.61. The average molecular weight is 480 g/mol. The van der Waals surface area contributed by atoms with Crippen molar-refractivity contribution in [1.29, 1.82) is 0 Å². The number of aryl methyl sites for hydroxylation is 2. The first-order valence-corrected chi connectivity index (χ1v) is 11.8. The Morgan fingerprint density at radius 1 is 1.06 bits per heavy atom. The number of aromatic nitrogens is 4. The van der Waals surface area contributed by atoms with Crippen LogP contribution in [0.5, 0.6) is 0 Å². The van der Waals surface area contributed by atoms with Gasteiger partial charge in [0, 0.05) is 23.7 Å². The van der Waals surface area contributed by atoms with Gasteiger partial charge >= 0.3 is 5.69 Å². The normalized spacial score (nSPS) is 11.4. The second-order valence-electron chi connectivity index (χ2n) is 7.59. The molecule has 33 heavy (non-hydrogen) atoms. The summed E-state index contributed by atoms with van der Waals surface area (Å²) in [6.45, 7) is 4.55. The number of hydrogen-bond acceptors (Lipinski definition) is 5. The van der Waals surface area contributed by atoms with Crippen LogP contribution >= 0.6 is 11.8 Å². The van der Waals surface area contributed by atoms with Crippen LogP contribution in [0.3, 0.4) is 0 Å². The molecular weight excluding hydrogens is 452 g/mol. The molecule has 3 aromatic rings. The molecule has 1 N–H and O–H groups in total. The maximum Gasteiger partial charge on any atom is 0.333 e. The van der Waals surface area contributed by atoms with Gasteiger partial charge in [-0.15, -0.1) is 0 Å². The summed E-state index contributed by atoms with van der Waals surface area (Å²) in [7, 11) is 0. The van der Waals surface area contributed by atoms with E-state index in [-0.39, 0.29) is 0 Å². The predicted molar refractivity (Wildman–Crippen MR) is 125 cm³/mol. The Morgan fingerprint density at radius 2 is 1.73 bits per heavy atom. The van der Waals surface area contributed by atoms with Crippen LogP contribution in [-0.4, -0.2) is 30.3 Å². The van der Waals surface area contributed by atoms with Crippen molar-refractivity contribution in [3.8, 4) is 0 Å². The van der Waals surface area contributed by atoms with Crippen molar-refractivity contribution in [2.24, 2.45) is 0 Å². The summed E-state index contributed by atoms with van der Waals surface area (Å²) in [5.74, 6) is -3.10. The molecule has 0 spiro atoms. The zero-order chi connectivity index (χ0) is 24.0. The molecule has 2 heterocycles. The number of carbonyl (C=O) groups is 1. The van der Waals surface area contributed by atoms with Gasteiger partial charge in [0.25, 0.3) is 11.3 Å². The first-order valence-electron chi connectivity index (χ1n) is 10.9. The van der Waals surface area contributed by atoms with Crippen molar-refractivity contribution in [2.75, 3.05) is 5.32 Å². The second-order valence-corrected chi connectivity index (χ2v) is 8.66. The fraction of sp³-hybridized carbons (Fsp3) is 0.455. The van der Waals surface area contributed by atoms with Crippen molar-refractivity contribution in [2.45, 2.75) is 69.8 Å². The van der Waals surface area contributed by atoms with E-state index < -0.39 is 29.5 Å². The van der Waals surface area contributed by atoms with Gasteiger partial charge in [-0.2, -0.15) is 8.78 Å². The minimum Gasteiger partial charge on any atom is -0.325 e. The second kappa shape index (κ2) is 11.3. The van der Waals surface area contributed by atoms with E-state index in [0.717, 1.165) is 30.3 Å². The molecule has 0 fully saturated rings. The van der Waals surface area contributed by atoms with Crippen LogP contribution in [0.15, 0.2) is 45.1 Å². The Bertz CT molecular complexity index is 1220. The Hall–Kier alpha value is -2.95. The number of carbonyl (C=O) groups excluding carboxylic acids is 1. The maximum atomic E-state index is 13.2. The van der Waals surface area contributed by atoms with E-state index in [1.807, 2.05) is 13.8 Å². The van der Waals surface area contributed by atoms with Gasteiger partial charge in [-0.25, -0.2) is 14.3 Å². The highest BCUT2D eigenvalue weighted by Crippen LogP contribution is 2.26. The number of alkyl halides is 2. The SMILES string of the molecule is CCCCn1cnc2c1c(=O)n(CC(=O)Nc1ccc(SC(F)F)cc1)c(=O)n2CCCC. The predicted octanol–water partition coefficient (Wildman–Crippen LogP) is 3.91. The van der Waals surface area contributed by atoms with Crippen molar-refractivity contribution in [3.63, 3.8) is 0 Å². The average Bonchev–Trinajstić information content (AvgIpc) is 3.20.